The molecule has 20 nitrogen and oxygen atoms in total. The van der Waals surface area contributed by atoms with E-state index in [1.165, 1.54) is 6.07 Å². The van der Waals surface area contributed by atoms with Gasteiger partial charge in [0.1, 0.15) is 24.2 Å². The molecular formula is C29H43N7O13. The summed E-state index contributed by atoms with van der Waals surface area (Å²) in [5, 5.41) is 57.4. The number of carbonyl (C=O) groups is 8. The maximum atomic E-state index is 13.6. The number of nitrogens with two attached hydrogens (primary N) is 1. The van der Waals surface area contributed by atoms with Crippen LogP contribution in [0, 0.1) is 5.92 Å². The highest BCUT2D eigenvalue weighted by Crippen LogP contribution is 2.25. The Kier molecular flexibility index (Phi) is 16.2. The molecule has 1 aromatic carbocycles. The Morgan fingerprint density at radius 3 is 1.90 bits per heavy atom. The molecule has 0 heterocycles. The minimum atomic E-state index is -1.67. The predicted molar refractivity (Wildman–Crippen MR) is 167 cm³/mol. The SMILES string of the molecule is CC[C@H](C)[C@H](NC(=O)[C@H](CC(=O)O)NC(C)=O)C(=O)NN(Cc1ccc(O)c(O)c1)C(=O)N[C@@H](CCC(=O)O)C(=O)N[C@H](C(N)=O)[C@@H](C)O. The first-order valence-corrected chi connectivity index (χ1v) is 14.9. The fraction of sp³-hybridized carbons (Fsp3) is 0.517. The first-order chi connectivity index (χ1) is 22.8. The maximum absolute atomic E-state index is 13.6. The Bertz CT molecular complexity index is 1390. The molecule has 7 amide bonds. The Hall–Kier alpha value is -5.66. The molecular weight excluding hydrogens is 654 g/mol. The van der Waals surface area contributed by atoms with Crippen LogP contribution >= 0.6 is 0 Å². The summed E-state index contributed by atoms with van der Waals surface area (Å²) in [6, 6.07) is -4.10. The molecule has 1 aromatic rings. The van der Waals surface area contributed by atoms with Crippen molar-refractivity contribution < 1.29 is 63.9 Å². The van der Waals surface area contributed by atoms with Crippen LogP contribution in [0.2, 0.25) is 0 Å². The van der Waals surface area contributed by atoms with E-state index in [1.807, 2.05) is 0 Å². The number of carboxylic acid groups (broad SMARTS) is 2. The standard InChI is InChI=1S/C29H43N7O13/c1-5-13(2)23(33-27(47)18(11-22(43)44)31-15(4)38)28(48)35-36(12-16-6-8-19(39)20(40)10-16)29(49)32-17(7-9-21(41)42)26(46)34-24(14(3)37)25(30)45/h6,8,10,13-14,17-18,23-24,37,39-40H,5,7,9,11-12H2,1-4H3,(H2,30,45)(H,31,38)(H,32,49)(H,33,47)(H,34,46)(H,35,48)(H,41,42)(H,43,44)/t13-,14+,17-,18-,23-,24-/m0/s1. The number of carbonyl (C=O) groups excluding carboxylic acids is 6. The first-order valence-electron chi connectivity index (χ1n) is 14.9. The molecule has 49 heavy (non-hydrogen) atoms. The number of hydrogen-bond donors (Lipinski definition) is 11. The molecule has 0 radical (unpaired) electrons. The van der Waals surface area contributed by atoms with Crippen LogP contribution in [-0.4, -0.2) is 108 Å². The van der Waals surface area contributed by atoms with E-state index in [0.717, 1.165) is 26.0 Å². The number of carboxylic acids is 2. The number of benzene rings is 1. The average molecular weight is 698 g/mol. The van der Waals surface area contributed by atoms with Gasteiger partial charge in [-0.1, -0.05) is 26.3 Å². The monoisotopic (exact) mass is 697 g/mol. The van der Waals surface area contributed by atoms with Crippen LogP contribution in [0.5, 0.6) is 11.5 Å². The number of hydrazine groups is 1. The summed E-state index contributed by atoms with van der Waals surface area (Å²) < 4.78 is 0. The fourth-order valence-corrected chi connectivity index (χ4v) is 4.25. The quantitative estimate of drug-likeness (QED) is 0.0570. The van der Waals surface area contributed by atoms with Crippen molar-refractivity contribution in [3.63, 3.8) is 0 Å². The molecule has 0 saturated carbocycles. The predicted octanol–water partition coefficient (Wildman–Crippen LogP) is -2.26. The fourth-order valence-electron chi connectivity index (χ4n) is 4.25. The van der Waals surface area contributed by atoms with Crippen molar-refractivity contribution in [1.82, 2.24) is 31.7 Å². The van der Waals surface area contributed by atoms with Crippen LogP contribution in [0.3, 0.4) is 0 Å². The Morgan fingerprint density at radius 2 is 1.41 bits per heavy atom. The number of aliphatic hydroxyl groups is 1. The lowest BCUT2D eigenvalue weighted by atomic mass is 9.98. The maximum Gasteiger partial charge on any atom is 0.337 e. The molecule has 0 bridgehead atoms. The van der Waals surface area contributed by atoms with Crippen molar-refractivity contribution in [2.45, 2.75) is 90.2 Å². The number of hydrogen-bond acceptors (Lipinski definition) is 11. The van der Waals surface area contributed by atoms with Gasteiger partial charge in [0.25, 0.3) is 5.91 Å². The average Bonchev–Trinajstić information content (AvgIpc) is 2.99. The van der Waals surface area contributed by atoms with E-state index in [1.54, 1.807) is 13.8 Å². The molecule has 20 heteroatoms. The molecule has 0 aromatic heterocycles. The van der Waals surface area contributed by atoms with Crippen LogP contribution in [0.15, 0.2) is 18.2 Å². The third-order valence-corrected chi connectivity index (χ3v) is 7.08. The summed E-state index contributed by atoms with van der Waals surface area (Å²) in [7, 11) is 0. The smallest absolute Gasteiger partial charge is 0.337 e. The third kappa shape index (κ3) is 13.9. The number of phenolic OH excluding ortho intramolecular Hbond substituents is 2. The van der Waals surface area contributed by atoms with E-state index >= 15 is 0 Å². The highest BCUT2D eigenvalue weighted by atomic mass is 16.4. The number of rotatable bonds is 18. The van der Waals surface area contributed by atoms with E-state index in [9.17, 15) is 63.9 Å². The van der Waals surface area contributed by atoms with E-state index in [2.05, 4.69) is 26.7 Å². The molecule has 0 unspecified atom stereocenters. The zero-order valence-corrected chi connectivity index (χ0v) is 27.3. The van der Waals surface area contributed by atoms with Crippen LogP contribution in [0.1, 0.15) is 58.9 Å². The lowest BCUT2D eigenvalue weighted by Gasteiger charge is -2.31. The van der Waals surface area contributed by atoms with Gasteiger partial charge in [0.05, 0.1) is 19.1 Å². The Balaban J connectivity index is 3.49. The van der Waals surface area contributed by atoms with Gasteiger partial charge in [0, 0.05) is 13.3 Å². The molecule has 6 atom stereocenters. The van der Waals surface area contributed by atoms with Crippen molar-refractivity contribution in [1.29, 1.82) is 0 Å². The molecule has 12 N–H and O–H groups in total. The number of nitrogens with one attached hydrogen (secondary N) is 5. The molecule has 0 aliphatic heterocycles. The summed E-state index contributed by atoms with van der Waals surface area (Å²) >= 11 is 0. The molecule has 0 fully saturated rings. The summed E-state index contributed by atoms with van der Waals surface area (Å²) in [6.07, 6.45) is -3.18. The van der Waals surface area contributed by atoms with Crippen LogP contribution in [0.4, 0.5) is 4.79 Å². The largest absolute Gasteiger partial charge is 0.504 e. The number of phenols is 2. The lowest BCUT2D eigenvalue weighted by molar-refractivity contribution is -0.141. The van der Waals surface area contributed by atoms with Crippen molar-refractivity contribution in [3.8, 4) is 11.5 Å². The first kappa shape index (κ1) is 41.4. The Labute approximate surface area is 280 Å². The molecule has 1 rings (SSSR count). The minimum Gasteiger partial charge on any atom is -0.504 e. The molecule has 0 aliphatic rings. The van der Waals surface area contributed by atoms with Crippen molar-refractivity contribution in [2.75, 3.05) is 0 Å². The van der Waals surface area contributed by atoms with Gasteiger partial charge in [-0.3, -0.25) is 39.0 Å². The number of aliphatic carboxylic acids is 2. The summed E-state index contributed by atoms with van der Waals surface area (Å²) in [5.41, 5.74) is 7.62. The van der Waals surface area contributed by atoms with Gasteiger partial charge in [-0.05, 0) is 37.0 Å². The number of aromatic hydroxyl groups is 2. The van der Waals surface area contributed by atoms with Crippen molar-refractivity contribution in [2.24, 2.45) is 11.7 Å². The lowest BCUT2D eigenvalue weighted by Crippen LogP contribution is -2.62. The second-order valence-corrected chi connectivity index (χ2v) is 11.2. The van der Waals surface area contributed by atoms with Crippen molar-refractivity contribution in [3.05, 3.63) is 23.8 Å². The zero-order chi connectivity index (χ0) is 37.6. The van der Waals surface area contributed by atoms with Crippen LogP contribution < -0.4 is 32.4 Å². The Morgan fingerprint density at radius 1 is 0.816 bits per heavy atom. The summed E-state index contributed by atoms with van der Waals surface area (Å²) in [6.45, 7) is 4.88. The van der Waals surface area contributed by atoms with E-state index < -0.39 is 121 Å². The topological polar surface area (TPSA) is 327 Å². The number of primary amides is 1. The number of urea groups is 1. The number of amides is 7. The van der Waals surface area contributed by atoms with Crippen LogP contribution in [-0.2, 0) is 40.1 Å². The second-order valence-electron chi connectivity index (χ2n) is 11.2. The highest BCUT2D eigenvalue weighted by Gasteiger charge is 2.34. The van der Waals surface area contributed by atoms with Gasteiger partial charge in [-0.25, -0.2) is 9.80 Å². The van der Waals surface area contributed by atoms with Gasteiger partial charge in [0.2, 0.25) is 23.6 Å². The van der Waals surface area contributed by atoms with E-state index in [-0.39, 0.29) is 12.0 Å². The number of nitrogens with zero attached hydrogens (tertiary/aromatic N) is 1. The normalized spacial score (nSPS) is 14.4. The van der Waals surface area contributed by atoms with Crippen LogP contribution in [0.25, 0.3) is 0 Å². The minimum absolute atomic E-state index is 0.122. The van der Waals surface area contributed by atoms with Gasteiger partial charge in [-0.2, -0.15) is 0 Å². The van der Waals surface area contributed by atoms with Gasteiger partial charge in [-0.15, -0.1) is 0 Å². The van der Waals surface area contributed by atoms with Gasteiger partial charge < -0.3 is 52.5 Å². The molecule has 0 aliphatic carbocycles. The molecule has 272 valence electrons. The van der Waals surface area contributed by atoms with Gasteiger partial charge >= 0.3 is 18.0 Å². The summed E-state index contributed by atoms with van der Waals surface area (Å²) in [4.78, 5) is 99.2. The molecule has 0 saturated heterocycles. The summed E-state index contributed by atoms with van der Waals surface area (Å²) in [5.74, 6) is -9.52. The zero-order valence-electron chi connectivity index (χ0n) is 27.3. The van der Waals surface area contributed by atoms with Crippen molar-refractivity contribution >= 4 is 47.5 Å². The van der Waals surface area contributed by atoms with E-state index in [4.69, 9.17) is 5.73 Å². The second kappa shape index (κ2) is 19.2. The van der Waals surface area contributed by atoms with E-state index in [0.29, 0.717) is 5.01 Å². The highest BCUT2D eigenvalue weighted by molar-refractivity contribution is 5.95. The molecule has 0 spiro atoms. The van der Waals surface area contributed by atoms with Gasteiger partial charge in [0.15, 0.2) is 11.5 Å². The third-order valence-electron chi connectivity index (χ3n) is 7.08. The number of aliphatic hydroxyl groups excluding tert-OH is 1.